The molecule has 7 heteroatoms. The Balaban J connectivity index is 1.41. The van der Waals surface area contributed by atoms with Crippen molar-refractivity contribution < 1.29 is 14.6 Å². The Bertz CT molecular complexity index is 882. The fourth-order valence-electron chi connectivity index (χ4n) is 4.28. The minimum Gasteiger partial charge on any atom is -0.389 e. The molecule has 2 aromatic rings. The van der Waals surface area contributed by atoms with Crippen LogP contribution in [0.15, 0.2) is 36.4 Å². The number of nitrogens with zero attached hydrogens (tertiary/aromatic N) is 3. The van der Waals surface area contributed by atoms with Gasteiger partial charge in [-0.05, 0) is 44.0 Å². The van der Waals surface area contributed by atoms with Crippen molar-refractivity contribution in [2.24, 2.45) is 0 Å². The lowest BCUT2D eigenvalue weighted by Crippen LogP contribution is -2.46. The molecule has 4 rings (SSSR count). The van der Waals surface area contributed by atoms with Gasteiger partial charge >= 0.3 is 0 Å². The van der Waals surface area contributed by atoms with Crippen molar-refractivity contribution in [2.75, 3.05) is 25.0 Å². The van der Waals surface area contributed by atoms with Crippen LogP contribution in [0.1, 0.15) is 56.0 Å². The van der Waals surface area contributed by atoms with Gasteiger partial charge in [0.1, 0.15) is 17.7 Å². The van der Waals surface area contributed by atoms with Crippen LogP contribution < -0.4 is 5.32 Å². The van der Waals surface area contributed by atoms with E-state index < -0.39 is 5.60 Å². The van der Waals surface area contributed by atoms with Crippen molar-refractivity contribution >= 4 is 17.5 Å². The van der Waals surface area contributed by atoms with Gasteiger partial charge in [0.25, 0.3) is 0 Å². The standard InChI is InChI=1S/C23H30N4O3/c1-17-7-5-9-20(24-17)26-21-10-6-8-18(25-21)19-16-27(13-14-30-19)22(28)15-23(29)11-3-2-4-12-23/h5-10,19,29H,2-4,11-16H2,1H3,(H,24,25,26)/t19-/m1/s1. The van der Waals surface area contributed by atoms with Gasteiger partial charge in [0.2, 0.25) is 5.91 Å². The van der Waals surface area contributed by atoms with Gasteiger partial charge in [0, 0.05) is 12.2 Å². The second-order valence-electron chi connectivity index (χ2n) is 8.40. The average molecular weight is 411 g/mol. The molecule has 1 aliphatic heterocycles. The van der Waals surface area contributed by atoms with E-state index in [1.165, 1.54) is 0 Å². The summed E-state index contributed by atoms with van der Waals surface area (Å²) in [4.78, 5) is 23.8. The highest BCUT2D eigenvalue weighted by molar-refractivity contribution is 5.77. The fourth-order valence-corrected chi connectivity index (χ4v) is 4.28. The van der Waals surface area contributed by atoms with Crippen molar-refractivity contribution in [1.29, 1.82) is 0 Å². The van der Waals surface area contributed by atoms with Gasteiger partial charge in [-0.15, -0.1) is 0 Å². The molecule has 30 heavy (non-hydrogen) atoms. The average Bonchev–Trinajstić information content (AvgIpc) is 2.74. The largest absolute Gasteiger partial charge is 0.389 e. The topological polar surface area (TPSA) is 87.6 Å². The summed E-state index contributed by atoms with van der Waals surface area (Å²) in [7, 11) is 0. The van der Waals surface area contributed by atoms with Gasteiger partial charge in [-0.1, -0.05) is 31.4 Å². The Morgan fingerprint density at radius 2 is 1.90 bits per heavy atom. The van der Waals surface area contributed by atoms with Crippen molar-refractivity contribution in [3.05, 3.63) is 47.8 Å². The first-order valence-electron chi connectivity index (χ1n) is 10.8. The minimum absolute atomic E-state index is 0.00550. The van der Waals surface area contributed by atoms with Gasteiger partial charge in [-0.3, -0.25) is 4.79 Å². The minimum atomic E-state index is -0.841. The van der Waals surface area contributed by atoms with Crippen LogP contribution in [0.25, 0.3) is 0 Å². The zero-order chi connectivity index (χ0) is 21.0. The van der Waals surface area contributed by atoms with Crippen LogP contribution in [0.5, 0.6) is 0 Å². The molecular weight excluding hydrogens is 380 g/mol. The zero-order valence-corrected chi connectivity index (χ0v) is 17.5. The fraction of sp³-hybridized carbons (Fsp3) is 0.522. The summed E-state index contributed by atoms with van der Waals surface area (Å²) in [6, 6.07) is 11.5. The number of anilines is 2. The van der Waals surface area contributed by atoms with E-state index in [4.69, 9.17) is 4.74 Å². The summed E-state index contributed by atoms with van der Waals surface area (Å²) in [5, 5.41) is 14.0. The molecule has 1 saturated heterocycles. The number of aliphatic hydroxyl groups is 1. The second kappa shape index (κ2) is 9.10. The van der Waals surface area contributed by atoms with E-state index in [2.05, 4.69) is 15.3 Å². The van der Waals surface area contributed by atoms with E-state index in [1.54, 1.807) is 0 Å². The normalized spacial score (nSPS) is 21.3. The summed E-state index contributed by atoms with van der Waals surface area (Å²) >= 11 is 0. The molecule has 1 amide bonds. The van der Waals surface area contributed by atoms with Crippen LogP contribution in [0.4, 0.5) is 11.6 Å². The maximum Gasteiger partial charge on any atom is 0.225 e. The van der Waals surface area contributed by atoms with Crippen LogP contribution in [0.2, 0.25) is 0 Å². The number of carbonyl (C=O) groups is 1. The lowest BCUT2D eigenvalue weighted by atomic mass is 9.82. The number of hydrogen-bond acceptors (Lipinski definition) is 6. The molecule has 0 radical (unpaired) electrons. The molecule has 1 atom stereocenters. The summed E-state index contributed by atoms with van der Waals surface area (Å²) in [6.45, 7) is 3.42. The third-order valence-electron chi connectivity index (χ3n) is 5.93. The Morgan fingerprint density at radius 3 is 2.67 bits per heavy atom. The number of carbonyl (C=O) groups excluding carboxylic acids is 1. The number of aryl methyl sites for hydroxylation is 1. The molecule has 0 aromatic carbocycles. The molecule has 0 spiro atoms. The number of amides is 1. The van der Waals surface area contributed by atoms with E-state index in [0.29, 0.717) is 25.5 Å². The quantitative estimate of drug-likeness (QED) is 0.784. The molecule has 1 saturated carbocycles. The predicted octanol–water partition coefficient (Wildman–Crippen LogP) is 3.51. The van der Waals surface area contributed by atoms with Gasteiger partial charge in [-0.2, -0.15) is 0 Å². The van der Waals surface area contributed by atoms with Crippen LogP contribution in [-0.2, 0) is 9.53 Å². The van der Waals surface area contributed by atoms with Gasteiger partial charge in [-0.25, -0.2) is 9.97 Å². The number of rotatable bonds is 5. The molecule has 0 bridgehead atoms. The number of pyridine rings is 2. The van der Waals surface area contributed by atoms with Crippen molar-refractivity contribution in [3.8, 4) is 0 Å². The van der Waals surface area contributed by atoms with Crippen molar-refractivity contribution in [2.45, 2.75) is 57.2 Å². The first-order chi connectivity index (χ1) is 14.5. The second-order valence-corrected chi connectivity index (χ2v) is 8.40. The third kappa shape index (κ3) is 5.15. The van der Waals surface area contributed by atoms with Gasteiger partial charge in [0.05, 0.1) is 30.9 Å². The monoisotopic (exact) mass is 410 g/mol. The SMILES string of the molecule is Cc1cccc(Nc2cccc([C@H]3CN(C(=O)CC4(O)CCCCC4)CCO3)n2)n1. The number of nitrogens with one attached hydrogen (secondary N) is 1. The van der Waals surface area contributed by atoms with E-state index in [1.807, 2.05) is 48.2 Å². The highest BCUT2D eigenvalue weighted by Crippen LogP contribution is 2.32. The predicted molar refractivity (Wildman–Crippen MR) is 114 cm³/mol. The first kappa shape index (κ1) is 20.8. The molecule has 1 aliphatic carbocycles. The number of aromatic nitrogens is 2. The smallest absolute Gasteiger partial charge is 0.225 e. The molecule has 0 unspecified atom stereocenters. The van der Waals surface area contributed by atoms with Crippen molar-refractivity contribution in [3.63, 3.8) is 0 Å². The van der Waals surface area contributed by atoms with Crippen LogP contribution >= 0.6 is 0 Å². The highest BCUT2D eigenvalue weighted by atomic mass is 16.5. The maximum absolute atomic E-state index is 12.9. The van der Waals surface area contributed by atoms with E-state index in [9.17, 15) is 9.90 Å². The molecule has 2 aliphatic rings. The van der Waals surface area contributed by atoms with Gasteiger partial charge < -0.3 is 20.1 Å². The van der Waals surface area contributed by atoms with Crippen LogP contribution in [0.3, 0.4) is 0 Å². The summed E-state index contributed by atoms with van der Waals surface area (Å²) in [6.07, 6.45) is 4.49. The third-order valence-corrected chi connectivity index (χ3v) is 5.93. The Labute approximate surface area is 177 Å². The highest BCUT2D eigenvalue weighted by Gasteiger charge is 2.35. The Hall–Kier alpha value is -2.51. The number of morpholine rings is 1. The van der Waals surface area contributed by atoms with Crippen LogP contribution in [0, 0.1) is 6.92 Å². The molecule has 160 valence electrons. The van der Waals surface area contributed by atoms with E-state index >= 15 is 0 Å². The lowest BCUT2D eigenvalue weighted by Gasteiger charge is -2.37. The summed E-state index contributed by atoms with van der Waals surface area (Å²) in [5.41, 5.74) is 0.869. The lowest BCUT2D eigenvalue weighted by molar-refractivity contribution is -0.145. The summed E-state index contributed by atoms with van der Waals surface area (Å²) < 4.78 is 5.92. The maximum atomic E-state index is 12.9. The molecule has 2 N–H and O–H groups in total. The number of hydrogen-bond donors (Lipinski definition) is 2. The Kier molecular flexibility index (Phi) is 6.29. The van der Waals surface area contributed by atoms with Crippen LogP contribution in [-0.4, -0.2) is 51.2 Å². The van der Waals surface area contributed by atoms with E-state index in [0.717, 1.165) is 49.3 Å². The zero-order valence-electron chi connectivity index (χ0n) is 17.5. The van der Waals surface area contributed by atoms with E-state index in [-0.39, 0.29) is 18.4 Å². The first-order valence-corrected chi connectivity index (χ1v) is 10.8. The number of ether oxygens (including phenoxy) is 1. The van der Waals surface area contributed by atoms with Crippen molar-refractivity contribution in [1.82, 2.24) is 14.9 Å². The molecule has 2 fully saturated rings. The van der Waals surface area contributed by atoms with Gasteiger partial charge in [0.15, 0.2) is 0 Å². The summed E-state index contributed by atoms with van der Waals surface area (Å²) in [5.74, 6) is 1.43. The molecule has 3 heterocycles. The molecular formula is C23H30N4O3. The molecule has 2 aromatic heterocycles. The Morgan fingerprint density at radius 1 is 1.17 bits per heavy atom. The molecule has 7 nitrogen and oxygen atoms in total.